The molecule has 11 heteroatoms. The number of imide groups is 1. The van der Waals surface area contributed by atoms with E-state index in [0.717, 1.165) is 17.8 Å². The number of alkyl halides is 3. The molecule has 1 aliphatic heterocycles. The Labute approximate surface area is 168 Å². The smallest absolute Gasteiger partial charge is 0.417 e. The molecule has 2 amide bonds. The Bertz CT molecular complexity index is 973. The van der Waals surface area contributed by atoms with Gasteiger partial charge in [-0.05, 0) is 42.7 Å². The third-order valence-corrected chi connectivity index (χ3v) is 5.24. The van der Waals surface area contributed by atoms with Gasteiger partial charge in [0.15, 0.2) is 0 Å². The molecule has 5 nitrogen and oxygen atoms in total. The molecule has 28 heavy (non-hydrogen) atoms. The lowest BCUT2D eigenvalue weighted by Gasteiger charge is -2.20. The molecule has 0 aliphatic carbocycles. The standard InChI is InChI=1S/C17H11BClF3N2O3S/c1-8-4-11(27-13-12(19)5-10(7-23-13)17(20,21)22)3-2-9(8)6-16(18)14(25)24-15(26)28-16/h2-5,7H,6H2,1H3,(H,24,25,26)/t16-/m0/s1. The predicted octanol–water partition coefficient (Wildman–Crippen LogP) is 4.24. The van der Waals surface area contributed by atoms with Gasteiger partial charge in [0.05, 0.1) is 10.2 Å². The van der Waals surface area contributed by atoms with Gasteiger partial charge in [0.1, 0.15) is 18.6 Å². The Balaban J connectivity index is 1.78. The van der Waals surface area contributed by atoms with E-state index in [4.69, 9.17) is 24.2 Å². The molecule has 1 aromatic heterocycles. The topological polar surface area (TPSA) is 68.3 Å². The molecule has 1 atom stereocenters. The lowest BCUT2D eigenvalue weighted by Crippen LogP contribution is -2.39. The fourth-order valence-corrected chi connectivity index (χ4v) is 3.58. The first kappa shape index (κ1) is 20.5. The van der Waals surface area contributed by atoms with Crippen LogP contribution in [0.1, 0.15) is 16.7 Å². The van der Waals surface area contributed by atoms with Gasteiger partial charge in [0.2, 0.25) is 11.8 Å². The van der Waals surface area contributed by atoms with E-state index in [1.165, 1.54) is 0 Å². The van der Waals surface area contributed by atoms with Gasteiger partial charge in [0, 0.05) is 6.20 Å². The Hall–Kier alpha value is -2.20. The number of aryl methyl sites for hydroxylation is 1. The fraction of sp³-hybridized carbons (Fsp3) is 0.235. The van der Waals surface area contributed by atoms with Crippen LogP contribution in [0.4, 0.5) is 18.0 Å². The second-order valence-corrected chi connectivity index (χ2v) is 7.82. The monoisotopic (exact) mass is 426 g/mol. The minimum atomic E-state index is -4.56. The van der Waals surface area contributed by atoms with Crippen LogP contribution in [0.3, 0.4) is 0 Å². The van der Waals surface area contributed by atoms with Gasteiger partial charge in [-0.3, -0.25) is 14.9 Å². The number of nitrogens with zero attached hydrogens (tertiary/aromatic N) is 1. The van der Waals surface area contributed by atoms with Crippen LogP contribution in [0.25, 0.3) is 0 Å². The second-order valence-electron chi connectivity index (χ2n) is 6.11. The number of nitrogens with one attached hydrogen (secondary N) is 1. The molecule has 1 saturated heterocycles. The first-order valence-corrected chi connectivity index (χ1v) is 9.01. The summed E-state index contributed by atoms with van der Waals surface area (Å²) in [5, 5.41) is 1.36. The molecule has 0 saturated carbocycles. The number of rotatable bonds is 4. The van der Waals surface area contributed by atoms with Crippen molar-refractivity contribution in [3.05, 3.63) is 52.2 Å². The quantitative estimate of drug-likeness (QED) is 0.741. The summed E-state index contributed by atoms with van der Waals surface area (Å²) in [5.74, 6) is -0.447. The highest BCUT2D eigenvalue weighted by Gasteiger charge is 2.43. The molecule has 1 aliphatic rings. The SMILES string of the molecule is [B][C@@]1(Cc2ccc(Oc3ncc(C(F)(F)F)cc3Cl)cc2C)SC(=O)NC1=O. The Morgan fingerprint density at radius 2 is 2.04 bits per heavy atom. The van der Waals surface area contributed by atoms with E-state index in [2.05, 4.69) is 10.3 Å². The van der Waals surface area contributed by atoms with Crippen molar-refractivity contribution in [2.45, 2.75) is 24.2 Å². The molecular weight excluding hydrogens is 416 g/mol. The number of carbonyl (C=O) groups is 2. The summed E-state index contributed by atoms with van der Waals surface area (Å²) in [6, 6.07) is 5.53. The molecule has 3 rings (SSSR count). The van der Waals surface area contributed by atoms with E-state index in [0.29, 0.717) is 23.1 Å². The van der Waals surface area contributed by atoms with Gasteiger partial charge in [0.25, 0.3) is 5.24 Å². The van der Waals surface area contributed by atoms with Crippen LogP contribution < -0.4 is 10.1 Å². The number of pyridine rings is 1. The number of carbonyl (C=O) groups excluding carboxylic acids is 2. The number of ether oxygens (including phenoxy) is 1. The molecule has 0 unspecified atom stereocenters. The molecule has 0 spiro atoms. The van der Waals surface area contributed by atoms with Gasteiger partial charge in [-0.15, -0.1) is 0 Å². The van der Waals surface area contributed by atoms with Crippen molar-refractivity contribution in [3.8, 4) is 11.6 Å². The van der Waals surface area contributed by atoms with Gasteiger partial charge in [-0.2, -0.15) is 13.2 Å². The Kier molecular flexibility index (Phi) is 5.37. The average Bonchev–Trinajstić information content (AvgIpc) is 2.83. The van der Waals surface area contributed by atoms with Crippen molar-refractivity contribution in [3.63, 3.8) is 0 Å². The molecule has 1 fully saturated rings. The van der Waals surface area contributed by atoms with Gasteiger partial charge < -0.3 is 4.74 Å². The molecule has 1 N–H and O–H groups in total. The van der Waals surface area contributed by atoms with Crippen molar-refractivity contribution in [1.82, 2.24) is 10.3 Å². The molecule has 144 valence electrons. The highest BCUT2D eigenvalue weighted by molar-refractivity contribution is 8.17. The van der Waals surface area contributed by atoms with Crippen LogP contribution >= 0.6 is 23.4 Å². The third kappa shape index (κ3) is 4.28. The van der Waals surface area contributed by atoms with Crippen molar-refractivity contribution >= 4 is 42.4 Å². The summed E-state index contributed by atoms with van der Waals surface area (Å²) in [6.45, 7) is 1.74. The molecule has 2 radical (unpaired) electrons. The number of amides is 2. The number of benzene rings is 1. The van der Waals surface area contributed by atoms with E-state index >= 15 is 0 Å². The lowest BCUT2D eigenvalue weighted by atomic mass is 9.79. The second kappa shape index (κ2) is 7.33. The summed E-state index contributed by atoms with van der Waals surface area (Å²) < 4.78 is 42.1. The van der Waals surface area contributed by atoms with E-state index in [-0.39, 0.29) is 17.3 Å². The summed E-state index contributed by atoms with van der Waals surface area (Å²) in [6.07, 6.45) is -3.81. The van der Waals surface area contributed by atoms with Crippen LogP contribution in [0.2, 0.25) is 5.02 Å². The molecule has 1 aromatic carbocycles. The maximum atomic E-state index is 12.7. The van der Waals surface area contributed by atoms with Gasteiger partial charge in [-0.1, -0.05) is 29.4 Å². The highest BCUT2D eigenvalue weighted by atomic mass is 35.5. The van der Waals surface area contributed by atoms with Crippen molar-refractivity contribution in [2.75, 3.05) is 0 Å². The van der Waals surface area contributed by atoms with Crippen LogP contribution in [0, 0.1) is 6.92 Å². The zero-order valence-electron chi connectivity index (χ0n) is 14.3. The van der Waals surface area contributed by atoms with Gasteiger partial charge in [-0.25, -0.2) is 4.98 Å². The van der Waals surface area contributed by atoms with E-state index in [1.807, 2.05) is 0 Å². The fourth-order valence-electron chi connectivity index (χ4n) is 2.53. The minimum absolute atomic E-state index is 0.112. The van der Waals surface area contributed by atoms with Crippen LogP contribution in [-0.4, -0.2) is 28.6 Å². The average molecular weight is 427 g/mol. The Morgan fingerprint density at radius 1 is 1.32 bits per heavy atom. The van der Waals surface area contributed by atoms with Gasteiger partial charge >= 0.3 is 6.18 Å². The first-order valence-electron chi connectivity index (χ1n) is 7.81. The summed E-state index contributed by atoms with van der Waals surface area (Å²) in [7, 11) is 6.00. The molecule has 0 bridgehead atoms. The first-order chi connectivity index (χ1) is 13.0. The maximum absolute atomic E-state index is 12.7. The summed E-state index contributed by atoms with van der Waals surface area (Å²) in [5.41, 5.74) is 0.434. The maximum Gasteiger partial charge on any atom is 0.417 e. The number of aromatic nitrogens is 1. The third-order valence-electron chi connectivity index (χ3n) is 3.99. The predicted molar refractivity (Wildman–Crippen MR) is 98.8 cm³/mol. The zero-order valence-corrected chi connectivity index (χ0v) is 15.8. The lowest BCUT2D eigenvalue weighted by molar-refractivity contribution is -0.137. The Morgan fingerprint density at radius 3 is 2.57 bits per heavy atom. The number of halogens is 4. The normalized spacial score (nSPS) is 19.6. The zero-order chi connectivity index (χ0) is 20.7. The number of hydrogen-bond donors (Lipinski definition) is 1. The van der Waals surface area contributed by atoms with Crippen LogP contribution in [-0.2, 0) is 17.4 Å². The van der Waals surface area contributed by atoms with Crippen molar-refractivity contribution < 1.29 is 27.5 Å². The number of thioether (sulfide) groups is 1. The summed E-state index contributed by atoms with van der Waals surface area (Å²) in [4.78, 5) is 26.8. The van der Waals surface area contributed by atoms with Crippen LogP contribution in [0.15, 0.2) is 30.5 Å². The van der Waals surface area contributed by atoms with Crippen molar-refractivity contribution in [1.29, 1.82) is 0 Å². The van der Waals surface area contributed by atoms with E-state index in [9.17, 15) is 22.8 Å². The van der Waals surface area contributed by atoms with E-state index in [1.54, 1.807) is 25.1 Å². The van der Waals surface area contributed by atoms with Crippen LogP contribution in [0.5, 0.6) is 11.6 Å². The highest BCUT2D eigenvalue weighted by Crippen LogP contribution is 2.36. The summed E-state index contributed by atoms with van der Waals surface area (Å²) >= 11 is 6.55. The largest absolute Gasteiger partial charge is 0.438 e. The van der Waals surface area contributed by atoms with Crippen molar-refractivity contribution in [2.24, 2.45) is 0 Å². The minimum Gasteiger partial charge on any atom is -0.438 e. The molecule has 2 aromatic rings. The van der Waals surface area contributed by atoms with E-state index < -0.39 is 27.5 Å². The number of hydrogen-bond acceptors (Lipinski definition) is 5. The molecular formula is C17H11BClF3N2O3S. The molecule has 2 heterocycles.